The molecule has 0 amide bonds. The summed E-state index contributed by atoms with van der Waals surface area (Å²) in [6.07, 6.45) is 5.34. The summed E-state index contributed by atoms with van der Waals surface area (Å²) in [5.41, 5.74) is 9.03. The average molecular weight is 284 g/mol. The van der Waals surface area contributed by atoms with Gasteiger partial charge in [0.05, 0.1) is 11.0 Å². The molecule has 2 aromatic rings. The predicted molar refractivity (Wildman–Crippen MR) is 86.4 cm³/mol. The lowest BCUT2D eigenvalue weighted by Crippen LogP contribution is -2.29. The van der Waals surface area contributed by atoms with Gasteiger partial charge in [-0.25, -0.2) is 4.98 Å². The second-order valence-corrected chi connectivity index (χ2v) is 6.50. The predicted octanol–water partition coefficient (Wildman–Crippen LogP) is 2.98. The number of rotatable bonds is 6. The van der Waals surface area contributed by atoms with Crippen LogP contribution in [-0.4, -0.2) is 33.6 Å². The minimum absolute atomic E-state index is 0.676. The second-order valence-electron chi connectivity index (χ2n) is 6.50. The van der Waals surface area contributed by atoms with Crippen molar-refractivity contribution in [2.24, 2.45) is 0 Å². The highest BCUT2D eigenvalue weighted by molar-refractivity contribution is 5.79. The zero-order chi connectivity index (χ0) is 14.4. The van der Waals surface area contributed by atoms with Crippen LogP contribution in [-0.2, 0) is 6.54 Å². The fourth-order valence-electron chi connectivity index (χ4n) is 3.32. The van der Waals surface area contributed by atoms with Crippen LogP contribution < -0.4 is 5.73 Å². The average Bonchev–Trinajstić information content (AvgIpc) is 3.36. The Hall–Kier alpha value is -1.55. The van der Waals surface area contributed by atoms with Crippen molar-refractivity contribution in [3.05, 3.63) is 24.0 Å². The van der Waals surface area contributed by atoms with Gasteiger partial charge in [-0.2, -0.15) is 0 Å². The van der Waals surface area contributed by atoms with Crippen molar-refractivity contribution in [2.45, 2.75) is 51.1 Å². The molecule has 0 atom stereocenters. The summed E-state index contributed by atoms with van der Waals surface area (Å²) in [5.74, 6) is 1.96. The quantitative estimate of drug-likeness (QED) is 0.830. The monoisotopic (exact) mass is 284 g/mol. The highest BCUT2D eigenvalue weighted by Gasteiger charge is 2.31. The lowest BCUT2D eigenvalue weighted by atomic mass is 10.3. The minimum Gasteiger partial charge on any atom is -0.399 e. The first kappa shape index (κ1) is 13.1. The zero-order valence-corrected chi connectivity index (χ0v) is 12.8. The lowest BCUT2D eigenvalue weighted by Gasteiger charge is -2.21. The maximum Gasteiger partial charge on any atom is 0.113 e. The number of hydrogen-bond acceptors (Lipinski definition) is 3. The van der Waals surface area contributed by atoms with E-state index in [1.165, 1.54) is 37.0 Å². The Labute approximate surface area is 125 Å². The van der Waals surface area contributed by atoms with E-state index in [4.69, 9.17) is 10.7 Å². The molecule has 4 nitrogen and oxygen atoms in total. The SMILES string of the molecule is CCN(CCn1c(C2CC2)nc2cc(N)ccc21)C1CC1. The molecule has 4 rings (SSSR count). The van der Waals surface area contributed by atoms with E-state index in [1.54, 1.807) is 0 Å². The van der Waals surface area contributed by atoms with E-state index in [-0.39, 0.29) is 0 Å². The Balaban J connectivity index is 1.63. The van der Waals surface area contributed by atoms with Crippen molar-refractivity contribution in [1.29, 1.82) is 0 Å². The maximum absolute atomic E-state index is 5.91. The van der Waals surface area contributed by atoms with Crippen LogP contribution >= 0.6 is 0 Å². The van der Waals surface area contributed by atoms with Gasteiger partial charge in [-0.05, 0) is 50.4 Å². The molecule has 0 unspecified atom stereocenters. The molecule has 1 aromatic carbocycles. The smallest absolute Gasteiger partial charge is 0.113 e. The number of benzene rings is 1. The molecule has 2 fully saturated rings. The number of imidazole rings is 1. The van der Waals surface area contributed by atoms with Crippen LogP contribution in [0.3, 0.4) is 0 Å². The first-order valence-corrected chi connectivity index (χ1v) is 8.26. The molecule has 1 aromatic heterocycles. The van der Waals surface area contributed by atoms with Gasteiger partial charge < -0.3 is 10.3 Å². The molecule has 0 aliphatic heterocycles. The number of nitrogen functional groups attached to an aromatic ring is 1. The summed E-state index contributed by atoms with van der Waals surface area (Å²) in [6.45, 7) is 5.61. The van der Waals surface area contributed by atoms with Crippen molar-refractivity contribution < 1.29 is 0 Å². The van der Waals surface area contributed by atoms with Gasteiger partial charge in [-0.3, -0.25) is 4.90 Å². The molecule has 2 aliphatic rings. The van der Waals surface area contributed by atoms with Gasteiger partial charge in [-0.1, -0.05) is 6.92 Å². The number of fused-ring (bicyclic) bond motifs is 1. The molecular formula is C17H24N4. The summed E-state index contributed by atoms with van der Waals surface area (Å²) in [7, 11) is 0. The highest BCUT2D eigenvalue weighted by Crippen LogP contribution is 2.41. The van der Waals surface area contributed by atoms with Crippen LogP contribution in [0.25, 0.3) is 11.0 Å². The number of aromatic nitrogens is 2. The largest absolute Gasteiger partial charge is 0.399 e. The summed E-state index contributed by atoms with van der Waals surface area (Å²) in [6, 6.07) is 6.98. The Morgan fingerprint density at radius 1 is 1.29 bits per heavy atom. The minimum atomic E-state index is 0.676. The number of nitrogens with two attached hydrogens (primary N) is 1. The van der Waals surface area contributed by atoms with Crippen molar-refractivity contribution in [1.82, 2.24) is 14.5 Å². The van der Waals surface area contributed by atoms with Crippen LogP contribution in [0.2, 0.25) is 0 Å². The van der Waals surface area contributed by atoms with E-state index in [1.807, 2.05) is 12.1 Å². The molecule has 2 saturated carbocycles. The van der Waals surface area contributed by atoms with E-state index in [0.717, 1.165) is 36.9 Å². The standard InChI is InChI=1S/C17H24N4/c1-2-20(14-6-7-14)9-10-21-16-8-5-13(18)11-15(16)19-17(21)12-3-4-12/h5,8,11-12,14H,2-4,6-7,9-10,18H2,1H3. The Morgan fingerprint density at radius 3 is 2.76 bits per heavy atom. The van der Waals surface area contributed by atoms with Gasteiger partial charge in [0.25, 0.3) is 0 Å². The van der Waals surface area contributed by atoms with E-state index >= 15 is 0 Å². The van der Waals surface area contributed by atoms with E-state index in [9.17, 15) is 0 Å². The van der Waals surface area contributed by atoms with Crippen molar-refractivity contribution >= 4 is 16.7 Å². The molecule has 4 heteroatoms. The van der Waals surface area contributed by atoms with E-state index < -0.39 is 0 Å². The summed E-state index contributed by atoms with van der Waals surface area (Å²) < 4.78 is 2.44. The van der Waals surface area contributed by atoms with Crippen LogP contribution in [0.4, 0.5) is 5.69 Å². The molecule has 0 saturated heterocycles. The summed E-state index contributed by atoms with van der Waals surface area (Å²) >= 11 is 0. The molecular weight excluding hydrogens is 260 g/mol. The first-order valence-electron chi connectivity index (χ1n) is 8.26. The van der Waals surface area contributed by atoms with Gasteiger partial charge in [0.1, 0.15) is 5.82 Å². The topological polar surface area (TPSA) is 47.1 Å². The summed E-state index contributed by atoms with van der Waals surface area (Å²) in [4.78, 5) is 7.48. The van der Waals surface area contributed by atoms with E-state index in [2.05, 4.69) is 22.5 Å². The second kappa shape index (κ2) is 5.02. The van der Waals surface area contributed by atoms with Crippen molar-refractivity contribution in [3.63, 3.8) is 0 Å². The number of nitrogens with zero attached hydrogens (tertiary/aromatic N) is 3. The molecule has 0 bridgehead atoms. The zero-order valence-electron chi connectivity index (χ0n) is 12.8. The van der Waals surface area contributed by atoms with Gasteiger partial charge >= 0.3 is 0 Å². The summed E-state index contributed by atoms with van der Waals surface area (Å²) in [5, 5.41) is 0. The highest BCUT2D eigenvalue weighted by atomic mass is 15.2. The van der Waals surface area contributed by atoms with Crippen LogP contribution in [0.15, 0.2) is 18.2 Å². The molecule has 2 aliphatic carbocycles. The lowest BCUT2D eigenvalue weighted by molar-refractivity contribution is 0.266. The van der Waals surface area contributed by atoms with Gasteiger partial charge in [0.15, 0.2) is 0 Å². The van der Waals surface area contributed by atoms with Gasteiger partial charge in [0.2, 0.25) is 0 Å². The molecule has 0 radical (unpaired) electrons. The number of anilines is 1. The van der Waals surface area contributed by atoms with Crippen LogP contribution in [0, 0.1) is 0 Å². The Bertz CT molecular complexity index is 652. The first-order chi connectivity index (χ1) is 10.3. The van der Waals surface area contributed by atoms with Crippen LogP contribution in [0.5, 0.6) is 0 Å². The molecule has 1 heterocycles. The fraction of sp³-hybridized carbons (Fsp3) is 0.588. The third-order valence-corrected chi connectivity index (χ3v) is 4.82. The molecule has 0 spiro atoms. The normalized spacial score (nSPS) is 18.8. The van der Waals surface area contributed by atoms with Crippen molar-refractivity contribution in [2.75, 3.05) is 18.8 Å². The van der Waals surface area contributed by atoms with E-state index in [0.29, 0.717) is 5.92 Å². The van der Waals surface area contributed by atoms with Crippen LogP contribution in [0.1, 0.15) is 44.3 Å². The molecule has 21 heavy (non-hydrogen) atoms. The number of likely N-dealkylation sites (N-methyl/N-ethyl adjacent to an activating group) is 1. The third kappa shape index (κ3) is 2.53. The van der Waals surface area contributed by atoms with Gasteiger partial charge in [0, 0.05) is 30.7 Å². The van der Waals surface area contributed by atoms with Crippen molar-refractivity contribution in [3.8, 4) is 0 Å². The third-order valence-electron chi connectivity index (χ3n) is 4.82. The molecule has 2 N–H and O–H groups in total. The number of hydrogen-bond donors (Lipinski definition) is 1. The fourth-order valence-corrected chi connectivity index (χ4v) is 3.32. The Morgan fingerprint density at radius 2 is 2.10 bits per heavy atom. The van der Waals surface area contributed by atoms with Gasteiger partial charge in [-0.15, -0.1) is 0 Å². The maximum atomic E-state index is 5.91. The Kier molecular flexibility index (Phi) is 3.14. The molecule has 112 valence electrons.